The molecule has 2 aromatic heterocycles. The maximum absolute atomic E-state index is 12.9. The molecule has 146 valence electrons. The maximum Gasteiger partial charge on any atom is 0.238 e. The number of ether oxygens (including phenoxy) is 2. The van der Waals surface area contributed by atoms with Crippen LogP contribution in [0.4, 0.5) is 5.69 Å². The van der Waals surface area contributed by atoms with Gasteiger partial charge in [-0.1, -0.05) is 6.07 Å². The van der Waals surface area contributed by atoms with E-state index in [1.807, 2.05) is 6.07 Å². The van der Waals surface area contributed by atoms with Crippen LogP contribution in [-0.4, -0.2) is 38.1 Å². The summed E-state index contributed by atoms with van der Waals surface area (Å²) in [6.45, 7) is 1.18. The first kappa shape index (κ1) is 19.0. The minimum atomic E-state index is -0.0632. The average Bonchev–Trinajstić information content (AvgIpc) is 3.39. The quantitative estimate of drug-likeness (QED) is 0.649. The number of rotatable bonds is 6. The number of anilines is 1. The molecular weight excluding hydrogens is 392 g/mol. The van der Waals surface area contributed by atoms with E-state index in [9.17, 15) is 4.79 Å². The third-order valence-electron chi connectivity index (χ3n) is 4.91. The monoisotopic (exact) mass is 414 g/mol. The van der Waals surface area contributed by atoms with Crippen LogP contribution in [0.15, 0.2) is 47.2 Å². The van der Waals surface area contributed by atoms with Crippen molar-refractivity contribution in [2.75, 3.05) is 32.6 Å². The lowest BCUT2D eigenvalue weighted by Gasteiger charge is -2.34. The number of benzene rings is 1. The molecule has 3 heterocycles. The highest BCUT2D eigenvalue weighted by Gasteiger charge is 2.31. The van der Waals surface area contributed by atoms with Crippen molar-refractivity contribution in [1.29, 1.82) is 0 Å². The van der Waals surface area contributed by atoms with E-state index < -0.39 is 0 Å². The summed E-state index contributed by atoms with van der Waals surface area (Å²) in [6, 6.07) is 11.9. The molecule has 1 aromatic carbocycles. The van der Waals surface area contributed by atoms with Gasteiger partial charge in [0.2, 0.25) is 5.91 Å². The van der Waals surface area contributed by atoms with E-state index in [4.69, 9.17) is 9.47 Å². The van der Waals surface area contributed by atoms with Gasteiger partial charge in [-0.3, -0.25) is 9.69 Å². The molecule has 1 atom stereocenters. The first-order valence-electron chi connectivity index (χ1n) is 9.05. The van der Waals surface area contributed by atoms with Gasteiger partial charge in [0.1, 0.15) is 11.5 Å². The molecule has 1 aliphatic rings. The Kier molecular flexibility index (Phi) is 5.66. The summed E-state index contributed by atoms with van der Waals surface area (Å²) in [6.07, 6.45) is 0.977. The topological polar surface area (TPSA) is 50.8 Å². The van der Waals surface area contributed by atoms with Gasteiger partial charge in [0.15, 0.2) is 0 Å². The Morgan fingerprint density at radius 3 is 2.82 bits per heavy atom. The minimum Gasteiger partial charge on any atom is -0.497 e. The van der Waals surface area contributed by atoms with Crippen molar-refractivity contribution in [2.24, 2.45) is 0 Å². The van der Waals surface area contributed by atoms with Gasteiger partial charge in [-0.05, 0) is 47.0 Å². The number of hydrogen-bond acceptors (Lipinski definition) is 6. The fraction of sp³-hybridized carbons (Fsp3) is 0.286. The number of nitrogens with zero attached hydrogens (tertiary/aromatic N) is 1. The number of amides is 1. The Hall–Kier alpha value is -2.35. The van der Waals surface area contributed by atoms with Crippen molar-refractivity contribution in [2.45, 2.75) is 12.5 Å². The molecule has 5 nitrogen and oxygen atoms in total. The van der Waals surface area contributed by atoms with Gasteiger partial charge in [0.05, 0.1) is 32.5 Å². The standard InChI is InChI=1S/C21H22N2O3S2/c1-25-14-5-6-17(26-2)16(12-14)22-20(24)13-23-9-7-18-15(8-11-28-18)21(23)19-4-3-10-27-19/h3-6,8,10-12,21H,7,9,13H2,1-2H3,(H,22,24). The lowest BCUT2D eigenvalue weighted by Crippen LogP contribution is -2.40. The molecule has 4 rings (SSSR count). The second kappa shape index (κ2) is 8.34. The van der Waals surface area contributed by atoms with Crippen LogP contribution < -0.4 is 14.8 Å². The van der Waals surface area contributed by atoms with Crippen LogP contribution in [0.25, 0.3) is 0 Å². The Morgan fingerprint density at radius 1 is 1.18 bits per heavy atom. The first-order valence-corrected chi connectivity index (χ1v) is 10.8. The second-order valence-corrected chi connectivity index (χ2v) is 8.53. The summed E-state index contributed by atoms with van der Waals surface area (Å²) in [5.74, 6) is 1.22. The van der Waals surface area contributed by atoms with Crippen LogP contribution >= 0.6 is 22.7 Å². The van der Waals surface area contributed by atoms with Crippen molar-refractivity contribution in [3.8, 4) is 11.5 Å². The van der Waals surface area contributed by atoms with Crippen molar-refractivity contribution in [1.82, 2.24) is 4.90 Å². The van der Waals surface area contributed by atoms with Gasteiger partial charge in [0, 0.05) is 22.4 Å². The maximum atomic E-state index is 12.9. The van der Waals surface area contributed by atoms with Crippen LogP contribution in [0.2, 0.25) is 0 Å². The number of hydrogen-bond donors (Lipinski definition) is 1. The van der Waals surface area contributed by atoms with E-state index in [-0.39, 0.29) is 11.9 Å². The number of methoxy groups -OCH3 is 2. The van der Waals surface area contributed by atoms with Crippen LogP contribution in [-0.2, 0) is 11.2 Å². The van der Waals surface area contributed by atoms with E-state index in [1.165, 1.54) is 15.3 Å². The molecule has 0 fully saturated rings. The normalized spacial score (nSPS) is 16.4. The smallest absolute Gasteiger partial charge is 0.238 e. The van der Waals surface area contributed by atoms with E-state index in [2.05, 4.69) is 39.2 Å². The van der Waals surface area contributed by atoms with Gasteiger partial charge in [-0.15, -0.1) is 22.7 Å². The predicted molar refractivity (Wildman–Crippen MR) is 114 cm³/mol. The van der Waals surface area contributed by atoms with E-state index >= 15 is 0 Å². The molecule has 1 amide bonds. The van der Waals surface area contributed by atoms with Crippen molar-refractivity contribution in [3.63, 3.8) is 0 Å². The van der Waals surface area contributed by atoms with Crippen molar-refractivity contribution < 1.29 is 14.3 Å². The van der Waals surface area contributed by atoms with Crippen LogP contribution in [0.5, 0.6) is 11.5 Å². The molecule has 0 bridgehead atoms. The molecule has 7 heteroatoms. The SMILES string of the molecule is COc1ccc(OC)c(NC(=O)CN2CCc3sccc3C2c2cccs2)c1. The Morgan fingerprint density at radius 2 is 2.07 bits per heavy atom. The van der Waals surface area contributed by atoms with E-state index in [0.717, 1.165) is 13.0 Å². The molecule has 1 aliphatic heterocycles. The molecule has 1 N–H and O–H groups in total. The number of carbonyl (C=O) groups excluding carboxylic acids is 1. The zero-order chi connectivity index (χ0) is 19.5. The summed E-state index contributed by atoms with van der Waals surface area (Å²) >= 11 is 3.54. The van der Waals surface area contributed by atoms with E-state index in [0.29, 0.717) is 23.7 Å². The molecule has 0 spiro atoms. The summed E-state index contributed by atoms with van der Waals surface area (Å²) in [4.78, 5) is 17.8. The van der Waals surface area contributed by atoms with E-state index in [1.54, 1.807) is 49.0 Å². The second-order valence-electron chi connectivity index (χ2n) is 6.55. The predicted octanol–water partition coefficient (Wildman–Crippen LogP) is 4.41. The summed E-state index contributed by atoms with van der Waals surface area (Å²) in [5, 5.41) is 7.23. The summed E-state index contributed by atoms with van der Waals surface area (Å²) < 4.78 is 10.6. The largest absolute Gasteiger partial charge is 0.497 e. The van der Waals surface area contributed by atoms with Crippen molar-refractivity contribution >= 4 is 34.3 Å². The van der Waals surface area contributed by atoms with Crippen LogP contribution in [0.1, 0.15) is 21.4 Å². The molecule has 0 aliphatic carbocycles. The highest BCUT2D eigenvalue weighted by molar-refractivity contribution is 7.10. The van der Waals surface area contributed by atoms with Gasteiger partial charge in [0.25, 0.3) is 0 Å². The molecule has 28 heavy (non-hydrogen) atoms. The zero-order valence-electron chi connectivity index (χ0n) is 15.8. The summed E-state index contributed by atoms with van der Waals surface area (Å²) in [7, 11) is 3.19. The number of nitrogens with one attached hydrogen (secondary N) is 1. The van der Waals surface area contributed by atoms with Crippen LogP contribution in [0.3, 0.4) is 0 Å². The Balaban J connectivity index is 1.54. The minimum absolute atomic E-state index is 0.0632. The van der Waals surface area contributed by atoms with Gasteiger partial charge in [-0.25, -0.2) is 0 Å². The highest BCUT2D eigenvalue weighted by Crippen LogP contribution is 2.39. The lowest BCUT2D eigenvalue weighted by molar-refractivity contribution is -0.117. The third kappa shape index (κ3) is 3.78. The number of fused-ring (bicyclic) bond motifs is 1. The fourth-order valence-corrected chi connectivity index (χ4v) is 5.38. The molecule has 1 unspecified atom stereocenters. The fourth-order valence-electron chi connectivity index (χ4n) is 3.60. The zero-order valence-corrected chi connectivity index (χ0v) is 17.4. The summed E-state index contributed by atoms with van der Waals surface area (Å²) in [5.41, 5.74) is 1.94. The average molecular weight is 415 g/mol. The highest BCUT2D eigenvalue weighted by atomic mass is 32.1. The van der Waals surface area contributed by atoms with Crippen molar-refractivity contribution in [3.05, 3.63) is 62.5 Å². The van der Waals surface area contributed by atoms with Gasteiger partial charge >= 0.3 is 0 Å². The first-order chi connectivity index (χ1) is 13.7. The lowest BCUT2D eigenvalue weighted by atomic mass is 9.98. The molecule has 0 radical (unpaired) electrons. The number of carbonyl (C=O) groups is 1. The number of thiophene rings is 2. The van der Waals surface area contributed by atoms with Gasteiger partial charge < -0.3 is 14.8 Å². The molecule has 3 aromatic rings. The molecule has 0 saturated heterocycles. The molecular formula is C21H22N2O3S2. The molecule has 0 saturated carbocycles. The Labute approximate surface area is 172 Å². The Bertz CT molecular complexity index is 952. The third-order valence-corrected chi connectivity index (χ3v) is 6.83. The van der Waals surface area contributed by atoms with Gasteiger partial charge in [-0.2, -0.15) is 0 Å². The van der Waals surface area contributed by atoms with Crippen LogP contribution in [0, 0.1) is 0 Å².